The van der Waals surface area contributed by atoms with Crippen molar-refractivity contribution in [2.45, 2.75) is 9.79 Å². The first kappa shape index (κ1) is 25.5. The standard InChI is InChI=1S/C29H26O6S2/c1-33-36(30,31)28-8-4-2-6-26(28)20-14-22-10-16-24(17-11-22)25-18-12-23(13-19-25)15-21-27-7-3-5-9-29(27)37(32)34-35-37/h2-21,30-32H,1H3/b20-14+,21-15+. The molecule has 0 unspecified atom stereocenters. The fourth-order valence-electron chi connectivity index (χ4n) is 3.85. The highest BCUT2D eigenvalue weighted by Crippen LogP contribution is 2.69. The lowest BCUT2D eigenvalue weighted by Crippen LogP contribution is -2.01. The van der Waals surface area contributed by atoms with Crippen molar-refractivity contribution >= 4 is 46.0 Å². The van der Waals surface area contributed by atoms with Gasteiger partial charge in [-0.15, -0.1) is 8.67 Å². The number of benzene rings is 4. The molecule has 0 saturated carbocycles. The molecule has 3 N–H and O–H groups in total. The van der Waals surface area contributed by atoms with E-state index in [-0.39, 0.29) is 0 Å². The Balaban J connectivity index is 1.28. The van der Waals surface area contributed by atoms with Crippen LogP contribution in [0.5, 0.6) is 0 Å². The van der Waals surface area contributed by atoms with Crippen molar-refractivity contribution in [3.8, 4) is 11.1 Å². The van der Waals surface area contributed by atoms with Crippen molar-refractivity contribution in [1.29, 1.82) is 0 Å². The number of rotatable bonds is 8. The lowest BCUT2D eigenvalue weighted by Gasteiger charge is -2.25. The summed E-state index contributed by atoms with van der Waals surface area (Å²) < 4.78 is 44.9. The third-order valence-electron chi connectivity index (χ3n) is 5.90. The lowest BCUT2D eigenvalue weighted by molar-refractivity contribution is 0.0850. The van der Waals surface area contributed by atoms with Crippen LogP contribution in [0, 0.1) is 0 Å². The first-order valence-corrected chi connectivity index (χ1v) is 14.3. The van der Waals surface area contributed by atoms with Crippen molar-refractivity contribution in [3.63, 3.8) is 0 Å². The second-order valence-electron chi connectivity index (χ2n) is 8.26. The zero-order valence-corrected chi connectivity index (χ0v) is 21.6. The lowest BCUT2D eigenvalue weighted by atomic mass is 10.0. The van der Waals surface area contributed by atoms with Gasteiger partial charge in [-0.3, -0.25) is 4.18 Å². The molecule has 0 atom stereocenters. The normalized spacial score (nSPS) is 16.2. The van der Waals surface area contributed by atoms with Crippen LogP contribution in [0.1, 0.15) is 22.3 Å². The molecule has 37 heavy (non-hydrogen) atoms. The molecule has 0 amide bonds. The van der Waals surface area contributed by atoms with Gasteiger partial charge in [-0.2, -0.15) is 0 Å². The van der Waals surface area contributed by atoms with Gasteiger partial charge in [-0.1, -0.05) is 109 Å². The topological polar surface area (TPSA) is 95.0 Å². The van der Waals surface area contributed by atoms with Crippen LogP contribution in [0.15, 0.2) is 107 Å². The quantitative estimate of drug-likeness (QED) is 0.119. The van der Waals surface area contributed by atoms with Crippen LogP contribution in [0.3, 0.4) is 0 Å². The average molecular weight is 535 g/mol. The molecular formula is C29H26O6S2. The molecule has 6 nitrogen and oxygen atoms in total. The van der Waals surface area contributed by atoms with E-state index in [1.807, 2.05) is 78.9 Å². The van der Waals surface area contributed by atoms with Crippen LogP contribution < -0.4 is 0 Å². The summed E-state index contributed by atoms with van der Waals surface area (Å²) in [5, 5.41) is 0. The molecule has 0 bridgehead atoms. The Labute approximate surface area is 219 Å². The van der Waals surface area contributed by atoms with Gasteiger partial charge >= 0.3 is 0 Å². The van der Waals surface area contributed by atoms with E-state index < -0.39 is 21.7 Å². The third-order valence-corrected chi connectivity index (χ3v) is 8.63. The molecule has 1 aliphatic heterocycles. The van der Waals surface area contributed by atoms with Crippen molar-refractivity contribution in [1.82, 2.24) is 0 Å². The second kappa shape index (κ2) is 10.7. The largest absolute Gasteiger partial charge is 0.304 e. The minimum Gasteiger partial charge on any atom is -0.304 e. The summed E-state index contributed by atoms with van der Waals surface area (Å²) in [6.07, 6.45) is 7.69. The maximum atomic E-state index is 10.2. The van der Waals surface area contributed by atoms with Crippen LogP contribution >= 0.6 is 21.7 Å². The highest BCUT2D eigenvalue weighted by atomic mass is 32.3. The molecule has 4 aromatic rings. The average Bonchev–Trinajstić information content (AvgIpc) is 3.70. The van der Waals surface area contributed by atoms with Gasteiger partial charge in [-0.05, 0) is 45.5 Å². The van der Waals surface area contributed by atoms with Crippen LogP contribution in [-0.4, -0.2) is 20.8 Å². The van der Waals surface area contributed by atoms with Gasteiger partial charge in [0, 0.05) is 0 Å². The monoisotopic (exact) mass is 534 g/mol. The zero-order valence-electron chi connectivity index (χ0n) is 19.9. The van der Waals surface area contributed by atoms with Crippen molar-refractivity contribution < 1.29 is 26.5 Å². The second-order valence-corrected chi connectivity index (χ2v) is 11.7. The minimum atomic E-state index is -3.28. The number of hydrogen-bond donors (Lipinski definition) is 3. The molecule has 0 radical (unpaired) electrons. The highest BCUT2D eigenvalue weighted by Gasteiger charge is 2.44. The van der Waals surface area contributed by atoms with Gasteiger partial charge in [0.2, 0.25) is 0 Å². The molecule has 1 fully saturated rings. The Hall–Kier alpha value is -3.18. The molecule has 0 aromatic heterocycles. The van der Waals surface area contributed by atoms with E-state index in [9.17, 15) is 13.7 Å². The van der Waals surface area contributed by atoms with Crippen LogP contribution in [0.25, 0.3) is 35.4 Å². The van der Waals surface area contributed by atoms with Gasteiger partial charge < -0.3 is 13.7 Å². The highest BCUT2D eigenvalue weighted by molar-refractivity contribution is 8.24. The van der Waals surface area contributed by atoms with E-state index >= 15 is 0 Å². The molecule has 4 aromatic carbocycles. The summed E-state index contributed by atoms with van der Waals surface area (Å²) in [6.45, 7) is 0. The van der Waals surface area contributed by atoms with E-state index in [1.165, 1.54) is 7.11 Å². The zero-order chi connectivity index (χ0) is 25.9. The summed E-state index contributed by atoms with van der Waals surface area (Å²) in [6, 6.07) is 30.9. The van der Waals surface area contributed by atoms with E-state index in [0.29, 0.717) is 15.4 Å². The molecule has 8 heteroatoms. The van der Waals surface area contributed by atoms with E-state index in [2.05, 4.69) is 24.3 Å². The summed E-state index contributed by atoms with van der Waals surface area (Å²) in [7, 11) is -4.55. The Kier molecular flexibility index (Phi) is 7.34. The Morgan fingerprint density at radius 3 is 1.68 bits per heavy atom. The van der Waals surface area contributed by atoms with Gasteiger partial charge in [0.25, 0.3) is 0 Å². The van der Waals surface area contributed by atoms with Gasteiger partial charge in [0.1, 0.15) is 10.9 Å². The molecule has 1 aliphatic rings. The SMILES string of the molecule is COS(O)(O)c1ccccc1/C=C/c1ccc(-c2ccc(/C=C/c3ccccc3S3(O)OO3)cc2)cc1. The summed E-state index contributed by atoms with van der Waals surface area (Å²) in [5.74, 6) is 0. The third kappa shape index (κ3) is 5.88. The molecule has 190 valence electrons. The van der Waals surface area contributed by atoms with E-state index in [0.717, 1.165) is 27.8 Å². The molecule has 5 rings (SSSR count). The minimum absolute atomic E-state index is 0.356. The van der Waals surface area contributed by atoms with Crippen LogP contribution in [0.4, 0.5) is 0 Å². The predicted molar refractivity (Wildman–Crippen MR) is 151 cm³/mol. The van der Waals surface area contributed by atoms with Crippen molar-refractivity contribution in [2.24, 2.45) is 0 Å². The Morgan fingerprint density at radius 1 is 0.649 bits per heavy atom. The summed E-state index contributed by atoms with van der Waals surface area (Å²) in [4.78, 5) is 1.00. The summed E-state index contributed by atoms with van der Waals surface area (Å²) in [5.41, 5.74) is 5.72. The molecule has 0 aliphatic carbocycles. The molecule has 1 saturated heterocycles. The fraction of sp³-hybridized carbons (Fsp3) is 0.0345. The van der Waals surface area contributed by atoms with E-state index in [4.69, 9.17) is 12.9 Å². The molecule has 0 spiro atoms. The number of hydrogen-bond acceptors (Lipinski definition) is 6. The smallest absolute Gasteiger partial charge is 0.181 e. The first-order chi connectivity index (χ1) is 17.9. The van der Waals surface area contributed by atoms with Gasteiger partial charge in [-0.25, -0.2) is 0 Å². The maximum Gasteiger partial charge on any atom is 0.181 e. The van der Waals surface area contributed by atoms with E-state index in [1.54, 1.807) is 18.2 Å². The first-order valence-electron chi connectivity index (χ1n) is 11.4. The van der Waals surface area contributed by atoms with Crippen LogP contribution in [-0.2, 0) is 12.9 Å². The Morgan fingerprint density at radius 2 is 1.14 bits per heavy atom. The Bertz CT molecular complexity index is 1440. The van der Waals surface area contributed by atoms with Crippen molar-refractivity contribution in [2.75, 3.05) is 7.11 Å². The predicted octanol–water partition coefficient (Wildman–Crippen LogP) is 8.79. The van der Waals surface area contributed by atoms with Crippen molar-refractivity contribution in [3.05, 3.63) is 119 Å². The fourth-order valence-corrected chi connectivity index (χ4v) is 5.77. The van der Waals surface area contributed by atoms with Gasteiger partial charge in [0.05, 0.1) is 16.9 Å². The summed E-state index contributed by atoms with van der Waals surface area (Å²) >= 11 is 0. The maximum absolute atomic E-state index is 10.2. The van der Waals surface area contributed by atoms with Gasteiger partial charge in [0.15, 0.2) is 10.9 Å². The van der Waals surface area contributed by atoms with Crippen LogP contribution in [0.2, 0.25) is 0 Å². The molecular weight excluding hydrogens is 508 g/mol. The molecule has 1 heterocycles.